The molecule has 6 rings (SSSR count). The van der Waals surface area contributed by atoms with Crippen molar-refractivity contribution < 1.29 is 79.2 Å². The molecule has 0 aliphatic carbocycles. The largest absolute Gasteiger partial charge is 1.00 e. The number of H-pyrrole nitrogens is 1. The Labute approximate surface area is 403 Å². The fraction of sp³-hybridized carbons (Fsp3) is 0.818. The molecule has 6 heterocycles. The smallest absolute Gasteiger partial charge is 1.00 e. The van der Waals surface area contributed by atoms with E-state index >= 15 is 0 Å². The van der Waals surface area contributed by atoms with E-state index in [1.165, 1.54) is 0 Å². The number of aromatic amines is 1. The van der Waals surface area contributed by atoms with E-state index in [-0.39, 0.29) is 78.7 Å². The van der Waals surface area contributed by atoms with Crippen LogP contribution in [-0.2, 0) is 32.8 Å². The van der Waals surface area contributed by atoms with E-state index in [9.17, 15) is 14.0 Å². The van der Waals surface area contributed by atoms with Gasteiger partial charge in [-0.25, -0.2) is 9.59 Å². The van der Waals surface area contributed by atoms with Crippen molar-refractivity contribution in [2.75, 3.05) is 40.4 Å². The Morgan fingerprint density at radius 3 is 1.43 bits per heavy atom. The van der Waals surface area contributed by atoms with Crippen LogP contribution >= 0.6 is 0 Å². The second-order valence-corrected chi connectivity index (χ2v) is 20.7. The SMILES string of the molecule is COC1CCN(C(=O)OC(C)(C)C)CC1.Cc1n[nH]c(C)c1B1OC(C)(C)C(C)(C)O1.Cc1nn(C2CCN(C(=O)OC(C)(C)C)CC2)c(C)c1B1OC(C)(C)C(C)(C)O1.[2H]CF.[H-].[Na+]. The van der Waals surface area contributed by atoms with E-state index in [1.807, 2.05) is 62.3 Å². The van der Waals surface area contributed by atoms with Crippen LogP contribution in [0.25, 0.3) is 0 Å². The molecule has 354 valence electrons. The zero-order valence-electron chi connectivity index (χ0n) is 44.5. The van der Waals surface area contributed by atoms with Gasteiger partial charge in [-0.05, 0) is 150 Å². The number of amides is 2. The molecule has 2 aromatic heterocycles. The minimum atomic E-state index is -1.00. The number of nitrogens with one attached hydrogen (secondary N) is 1. The third kappa shape index (κ3) is 14.7. The molecule has 63 heavy (non-hydrogen) atoms. The van der Waals surface area contributed by atoms with Gasteiger partial charge in [0.15, 0.2) is 0 Å². The number of likely N-dealkylation sites (tertiary alicyclic amines) is 2. The van der Waals surface area contributed by atoms with Gasteiger partial charge in [0.05, 0.1) is 54.5 Å². The van der Waals surface area contributed by atoms with Crippen LogP contribution in [0.1, 0.15) is 154 Å². The maximum atomic E-state index is 12.3. The molecule has 1 N–H and O–H groups in total. The molecular weight excluding hydrogens is 820 g/mol. The molecule has 19 heteroatoms. The van der Waals surface area contributed by atoms with Crippen molar-refractivity contribution in [3.8, 4) is 0 Å². The van der Waals surface area contributed by atoms with Crippen molar-refractivity contribution in [2.24, 2.45) is 0 Å². The third-order valence-electron chi connectivity index (χ3n) is 12.4. The van der Waals surface area contributed by atoms with Crippen LogP contribution in [0.15, 0.2) is 0 Å². The number of piperidine rings is 2. The summed E-state index contributed by atoms with van der Waals surface area (Å²) in [4.78, 5) is 27.5. The summed E-state index contributed by atoms with van der Waals surface area (Å²) in [6.45, 7) is 38.6. The first-order valence-electron chi connectivity index (χ1n) is 22.6. The van der Waals surface area contributed by atoms with Gasteiger partial charge in [0.2, 0.25) is 0 Å². The number of aromatic nitrogens is 4. The van der Waals surface area contributed by atoms with Crippen molar-refractivity contribution in [2.45, 2.75) is 196 Å². The van der Waals surface area contributed by atoms with Crippen molar-refractivity contribution in [3.05, 3.63) is 22.8 Å². The zero-order chi connectivity index (χ0) is 48.1. The van der Waals surface area contributed by atoms with Crippen LogP contribution in [0.2, 0.25) is 0 Å². The second kappa shape index (κ2) is 22.1. The molecular formula is C44H80B2FN6NaO9. The number of rotatable bonds is 4. The molecule has 0 aromatic carbocycles. The average molecular weight is 902 g/mol. The zero-order valence-corrected chi connectivity index (χ0v) is 44.5. The fourth-order valence-corrected chi connectivity index (χ4v) is 7.42. The standard InChI is InChI=1S/C21H36BN3O4.C11H19BN2O2.C11H21NO3.CH3F.Na.H/c1-14-17(22-28-20(6,7)21(8,9)29-22)15(2)25(23-14)16-10-12-24(13-11-16)18(26)27-19(3,4)5;1-7-9(8(2)14-13-7)12-15-10(3,4)11(5,6)16-12;1-11(2,3)15-10(13)12-7-5-9(14-4)6-8-12;1-2;;/h16H,10-13H2,1-9H3;1-6H3,(H,13,14);9H,5-8H2,1-4H3;1H3;;/q;;;;+1;-1/i;;;1D;;. The predicted octanol–water partition coefficient (Wildman–Crippen LogP) is 4.43. The molecule has 15 nitrogen and oxygen atoms in total. The summed E-state index contributed by atoms with van der Waals surface area (Å²) < 4.78 is 58.1. The Balaban J connectivity index is 0.000000501. The van der Waals surface area contributed by atoms with Crippen LogP contribution in [0.3, 0.4) is 0 Å². The number of carbonyl (C=O) groups is 2. The van der Waals surface area contributed by atoms with Crippen molar-refractivity contribution in [1.29, 1.82) is 0 Å². The number of hydrogen-bond acceptors (Lipinski definition) is 11. The van der Waals surface area contributed by atoms with Gasteiger partial charge in [0.1, 0.15) is 11.2 Å². The molecule has 4 saturated heterocycles. The number of methoxy groups -OCH3 is 1. The summed E-state index contributed by atoms with van der Waals surface area (Å²) >= 11 is 0. The monoisotopic (exact) mass is 902 g/mol. The third-order valence-corrected chi connectivity index (χ3v) is 12.4. The quantitative estimate of drug-likeness (QED) is 0.435. The van der Waals surface area contributed by atoms with E-state index in [0.717, 1.165) is 72.5 Å². The van der Waals surface area contributed by atoms with Gasteiger partial charge in [-0.1, -0.05) is 0 Å². The van der Waals surface area contributed by atoms with E-state index < -0.39 is 25.5 Å². The molecule has 4 aliphatic rings. The summed E-state index contributed by atoms with van der Waals surface area (Å²) in [5.41, 5.74) is 3.80. The number of aryl methyl sites for hydroxylation is 3. The fourth-order valence-electron chi connectivity index (χ4n) is 7.42. The number of hydrogen-bond donors (Lipinski definition) is 1. The van der Waals surface area contributed by atoms with Gasteiger partial charge in [0, 0.05) is 55.6 Å². The first-order chi connectivity index (χ1) is 28.8. The molecule has 0 spiro atoms. The van der Waals surface area contributed by atoms with E-state index in [1.54, 1.807) is 16.9 Å². The van der Waals surface area contributed by atoms with Gasteiger partial charge in [-0.15, -0.1) is 0 Å². The minimum absolute atomic E-state index is 0. The van der Waals surface area contributed by atoms with Crippen LogP contribution in [-0.4, -0.2) is 136 Å². The molecule has 2 amide bonds. The summed E-state index contributed by atoms with van der Waals surface area (Å²) in [6, 6.07) is 0.253. The molecule has 4 fully saturated rings. The van der Waals surface area contributed by atoms with Crippen molar-refractivity contribution in [3.63, 3.8) is 0 Å². The van der Waals surface area contributed by atoms with Gasteiger partial charge < -0.3 is 44.1 Å². The number of halogens is 1. The number of alkyl halides is 1. The molecule has 2 aromatic rings. The summed E-state index contributed by atoms with van der Waals surface area (Å²) in [6.07, 6.45) is 3.35. The van der Waals surface area contributed by atoms with Crippen molar-refractivity contribution >= 4 is 37.3 Å². The second-order valence-electron chi connectivity index (χ2n) is 20.7. The summed E-state index contributed by atoms with van der Waals surface area (Å²) in [5, 5.41) is 12.0. The van der Waals surface area contributed by atoms with Crippen LogP contribution < -0.4 is 40.5 Å². The average Bonchev–Trinajstić information content (AvgIpc) is 3.78. The Kier molecular flexibility index (Phi) is 19.3. The Bertz CT molecular complexity index is 1770. The Hall–Kier alpha value is -2.18. The molecule has 4 aliphatic heterocycles. The van der Waals surface area contributed by atoms with E-state index in [2.05, 4.69) is 77.2 Å². The van der Waals surface area contributed by atoms with E-state index in [4.69, 9.17) is 39.3 Å². The van der Waals surface area contributed by atoms with Gasteiger partial charge >= 0.3 is 56.0 Å². The molecule has 0 saturated carbocycles. The molecule has 0 radical (unpaired) electrons. The molecule has 0 atom stereocenters. The number of nitrogens with zero attached hydrogens (tertiary/aromatic N) is 5. The summed E-state index contributed by atoms with van der Waals surface area (Å²) in [5.74, 6) is 0. The van der Waals surface area contributed by atoms with Gasteiger partial charge in [-0.3, -0.25) is 14.2 Å². The van der Waals surface area contributed by atoms with Gasteiger partial charge in [0.25, 0.3) is 0 Å². The normalized spacial score (nSPS) is 20.9. The number of ether oxygens (including phenoxy) is 3. The molecule has 0 bridgehead atoms. The van der Waals surface area contributed by atoms with Crippen LogP contribution in [0, 0.1) is 27.7 Å². The van der Waals surface area contributed by atoms with E-state index in [0.29, 0.717) is 19.2 Å². The Morgan fingerprint density at radius 2 is 1.10 bits per heavy atom. The van der Waals surface area contributed by atoms with Crippen LogP contribution in [0.5, 0.6) is 0 Å². The minimum Gasteiger partial charge on any atom is -1.00 e. The first-order valence-corrected chi connectivity index (χ1v) is 21.9. The number of carbonyl (C=O) groups excluding carboxylic acids is 2. The van der Waals surface area contributed by atoms with Gasteiger partial charge in [-0.2, -0.15) is 10.2 Å². The maximum Gasteiger partial charge on any atom is 1.00 e. The topological polar surface area (TPSA) is 152 Å². The summed E-state index contributed by atoms with van der Waals surface area (Å²) in [7, 11) is -0.00675. The van der Waals surface area contributed by atoms with Crippen LogP contribution in [0.4, 0.5) is 14.0 Å². The maximum absolute atomic E-state index is 12.3. The predicted molar refractivity (Wildman–Crippen MR) is 243 cm³/mol. The molecule has 0 unspecified atom stereocenters. The first kappa shape index (κ1) is 55.1. The van der Waals surface area contributed by atoms with Crippen molar-refractivity contribution in [1.82, 2.24) is 29.8 Å². The Morgan fingerprint density at radius 1 is 0.730 bits per heavy atom.